The van der Waals surface area contributed by atoms with Crippen molar-refractivity contribution in [3.63, 3.8) is 0 Å². The van der Waals surface area contributed by atoms with Crippen molar-refractivity contribution in [1.82, 2.24) is 15.5 Å². The average molecular weight is 591 g/mol. The van der Waals surface area contributed by atoms with Gasteiger partial charge in [-0.05, 0) is 43.8 Å². The van der Waals surface area contributed by atoms with Gasteiger partial charge in [0, 0.05) is 29.6 Å². The number of carbonyl (C=O) groups is 3. The molecule has 1 aliphatic rings. The van der Waals surface area contributed by atoms with Gasteiger partial charge in [-0.15, -0.1) is 10.2 Å². The SMILES string of the molecule is CC.CC.CNC(=O)/C(N=Nc1c(Br)cc(Br)c2c1C(=O)N(CC(C)C)C2=O)=C(\NC)OC. The summed E-state index contributed by atoms with van der Waals surface area (Å²) in [6.45, 7) is 12.1. The number of rotatable bonds is 7. The van der Waals surface area contributed by atoms with E-state index in [-0.39, 0.29) is 40.9 Å². The normalized spacial score (nSPS) is 13.0. The Labute approximate surface area is 212 Å². The van der Waals surface area contributed by atoms with Crippen LogP contribution in [0.5, 0.6) is 0 Å². The molecule has 0 spiro atoms. The van der Waals surface area contributed by atoms with E-state index in [2.05, 4.69) is 52.7 Å². The summed E-state index contributed by atoms with van der Waals surface area (Å²) >= 11 is 6.71. The predicted octanol–water partition coefficient (Wildman–Crippen LogP) is 5.38. The zero-order chi connectivity index (χ0) is 25.9. The van der Waals surface area contributed by atoms with Crippen molar-refractivity contribution in [1.29, 1.82) is 0 Å². The molecule has 0 fully saturated rings. The first-order valence-corrected chi connectivity index (χ1v) is 12.2. The van der Waals surface area contributed by atoms with E-state index in [9.17, 15) is 14.4 Å². The molecule has 0 bridgehead atoms. The summed E-state index contributed by atoms with van der Waals surface area (Å²) in [7, 11) is 4.39. The third kappa shape index (κ3) is 7.10. The maximum Gasteiger partial charge on any atom is 0.277 e. The van der Waals surface area contributed by atoms with Crippen molar-refractivity contribution >= 4 is 55.3 Å². The summed E-state index contributed by atoms with van der Waals surface area (Å²) in [5.41, 5.74) is 0.386. The van der Waals surface area contributed by atoms with E-state index in [0.29, 0.717) is 8.95 Å². The van der Waals surface area contributed by atoms with Gasteiger partial charge in [-0.25, -0.2) is 0 Å². The Morgan fingerprint density at radius 1 is 1.03 bits per heavy atom. The van der Waals surface area contributed by atoms with Gasteiger partial charge in [0.05, 0.1) is 18.2 Å². The maximum atomic E-state index is 13.0. The van der Waals surface area contributed by atoms with Crippen molar-refractivity contribution < 1.29 is 19.1 Å². The third-order valence-corrected chi connectivity index (χ3v) is 5.24. The number of likely N-dealkylation sites (N-methyl/N-ethyl adjacent to an activating group) is 1. The molecule has 0 saturated carbocycles. The topological polar surface area (TPSA) is 112 Å². The van der Waals surface area contributed by atoms with Crippen LogP contribution < -0.4 is 10.6 Å². The Morgan fingerprint density at radius 3 is 2.03 bits per heavy atom. The van der Waals surface area contributed by atoms with E-state index in [1.54, 1.807) is 13.1 Å². The molecule has 3 amide bonds. The van der Waals surface area contributed by atoms with E-state index in [0.717, 1.165) is 0 Å². The van der Waals surface area contributed by atoms with Gasteiger partial charge in [0.15, 0.2) is 0 Å². The molecule has 1 aliphatic heterocycles. The summed E-state index contributed by atoms with van der Waals surface area (Å²) in [5, 5.41) is 13.3. The van der Waals surface area contributed by atoms with Gasteiger partial charge >= 0.3 is 0 Å². The van der Waals surface area contributed by atoms with Crippen LogP contribution in [0.3, 0.4) is 0 Å². The molecule has 1 aromatic rings. The molecular weight excluding hydrogens is 558 g/mol. The Hall–Kier alpha value is -2.27. The first-order chi connectivity index (χ1) is 15.7. The van der Waals surface area contributed by atoms with Crippen LogP contribution in [-0.2, 0) is 9.53 Å². The number of hydrogen-bond donors (Lipinski definition) is 2. The highest BCUT2D eigenvalue weighted by Gasteiger charge is 2.40. The first-order valence-electron chi connectivity index (χ1n) is 10.7. The lowest BCUT2D eigenvalue weighted by molar-refractivity contribution is -0.117. The number of ether oxygens (including phenoxy) is 1. The summed E-state index contributed by atoms with van der Waals surface area (Å²) < 4.78 is 6.03. The van der Waals surface area contributed by atoms with Crippen molar-refractivity contribution in [3.05, 3.63) is 37.7 Å². The molecule has 0 unspecified atom stereocenters. The number of nitrogens with one attached hydrogen (secondary N) is 2. The number of fused-ring (bicyclic) bond motifs is 1. The predicted molar refractivity (Wildman–Crippen MR) is 136 cm³/mol. The van der Waals surface area contributed by atoms with Crippen molar-refractivity contribution in [2.45, 2.75) is 41.5 Å². The van der Waals surface area contributed by atoms with Crippen LogP contribution in [-0.4, -0.2) is 50.4 Å². The van der Waals surface area contributed by atoms with Crippen molar-refractivity contribution in [2.24, 2.45) is 16.1 Å². The molecule has 0 saturated heterocycles. The molecule has 184 valence electrons. The minimum atomic E-state index is -0.534. The number of imide groups is 1. The van der Waals surface area contributed by atoms with E-state index in [1.165, 1.54) is 19.1 Å². The Bertz CT molecular complexity index is 924. The molecule has 0 aromatic heterocycles. The molecule has 11 heteroatoms. The van der Waals surface area contributed by atoms with Gasteiger partial charge in [-0.1, -0.05) is 41.5 Å². The van der Waals surface area contributed by atoms with Crippen molar-refractivity contribution in [3.8, 4) is 0 Å². The monoisotopic (exact) mass is 589 g/mol. The van der Waals surface area contributed by atoms with Crippen LogP contribution in [0.15, 0.2) is 36.8 Å². The van der Waals surface area contributed by atoms with Crippen LogP contribution in [0.1, 0.15) is 62.3 Å². The largest absolute Gasteiger partial charge is 0.481 e. The Morgan fingerprint density at radius 2 is 1.58 bits per heavy atom. The van der Waals surface area contributed by atoms with Gasteiger partial charge in [0.25, 0.3) is 17.7 Å². The fraction of sp³-hybridized carbons (Fsp3) is 0.500. The zero-order valence-electron chi connectivity index (χ0n) is 20.6. The standard InChI is InChI=1S/C18H21Br2N5O4.2C2H6/c1-8(2)7-25-17(27)11-9(19)6-10(20)13(12(11)18(25)28)23-24-14(15(26)21-3)16(22-4)29-5;2*1-2/h6,8,22H,7H2,1-5H3,(H,21,26);2*1-2H3/b16-14-,24-23?;;. The number of benzene rings is 1. The fourth-order valence-electron chi connectivity index (χ4n) is 2.75. The van der Waals surface area contributed by atoms with Crippen LogP contribution in [0.25, 0.3) is 0 Å². The lowest BCUT2D eigenvalue weighted by Gasteiger charge is -2.15. The third-order valence-electron chi connectivity index (χ3n) is 4.01. The first kappa shape index (κ1) is 30.7. The minimum Gasteiger partial charge on any atom is -0.481 e. The molecule has 2 rings (SSSR count). The van der Waals surface area contributed by atoms with E-state index in [1.807, 2.05) is 41.5 Å². The number of halogens is 2. The van der Waals surface area contributed by atoms with E-state index >= 15 is 0 Å². The Kier molecular flexibility index (Phi) is 13.8. The number of azo groups is 1. The second kappa shape index (κ2) is 14.8. The van der Waals surface area contributed by atoms with Crippen LogP contribution in [0.4, 0.5) is 5.69 Å². The summed E-state index contributed by atoms with van der Waals surface area (Å²) in [6, 6.07) is 1.62. The van der Waals surface area contributed by atoms with Gasteiger partial charge in [-0.2, -0.15) is 0 Å². The molecule has 0 atom stereocenters. The summed E-state index contributed by atoms with van der Waals surface area (Å²) in [4.78, 5) is 39.1. The smallest absolute Gasteiger partial charge is 0.277 e. The highest BCUT2D eigenvalue weighted by atomic mass is 79.9. The molecule has 1 heterocycles. The van der Waals surface area contributed by atoms with Gasteiger partial charge in [0.2, 0.25) is 11.6 Å². The van der Waals surface area contributed by atoms with Gasteiger partial charge in [-0.3, -0.25) is 19.3 Å². The fourth-order valence-corrected chi connectivity index (χ4v) is 4.16. The van der Waals surface area contributed by atoms with E-state index in [4.69, 9.17) is 4.74 Å². The summed E-state index contributed by atoms with van der Waals surface area (Å²) in [6.07, 6.45) is 0. The molecule has 2 N–H and O–H groups in total. The number of nitrogens with zero attached hydrogens (tertiary/aromatic N) is 3. The van der Waals surface area contributed by atoms with Crippen molar-refractivity contribution in [2.75, 3.05) is 27.7 Å². The van der Waals surface area contributed by atoms with E-state index < -0.39 is 17.7 Å². The molecule has 0 aliphatic carbocycles. The molecule has 0 radical (unpaired) electrons. The molecular formula is C22H33Br2N5O4. The minimum absolute atomic E-state index is 0.0989. The highest BCUT2D eigenvalue weighted by molar-refractivity contribution is 9.11. The molecule has 33 heavy (non-hydrogen) atoms. The van der Waals surface area contributed by atoms with Crippen LogP contribution in [0.2, 0.25) is 0 Å². The van der Waals surface area contributed by atoms with Crippen LogP contribution in [0, 0.1) is 5.92 Å². The number of carbonyl (C=O) groups excluding carboxylic acids is 3. The number of amides is 3. The molecule has 9 nitrogen and oxygen atoms in total. The van der Waals surface area contributed by atoms with Crippen LogP contribution >= 0.6 is 31.9 Å². The second-order valence-corrected chi connectivity index (χ2v) is 8.17. The number of methoxy groups -OCH3 is 1. The van der Waals surface area contributed by atoms with Gasteiger partial charge in [0.1, 0.15) is 5.69 Å². The lowest BCUT2D eigenvalue weighted by Crippen LogP contribution is -2.33. The second-order valence-electron chi connectivity index (χ2n) is 6.46. The highest BCUT2D eigenvalue weighted by Crippen LogP contribution is 2.42. The lowest BCUT2D eigenvalue weighted by atomic mass is 10.1. The Balaban J connectivity index is 0.00000242. The maximum absolute atomic E-state index is 13.0. The average Bonchev–Trinajstić information content (AvgIpc) is 3.05. The zero-order valence-corrected chi connectivity index (χ0v) is 23.8. The molecule has 1 aromatic carbocycles. The van der Waals surface area contributed by atoms with Gasteiger partial charge < -0.3 is 15.4 Å². The number of hydrogen-bond acceptors (Lipinski definition) is 7. The quantitative estimate of drug-likeness (QED) is 0.192. The summed E-state index contributed by atoms with van der Waals surface area (Å²) in [5.74, 6) is -1.19.